The summed E-state index contributed by atoms with van der Waals surface area (Å²) in [7, 11) is -1.88. The van der Waals surface area contributed by atoms with Crippen molar-refractivity contribution < 1.29 is 29.9 Å². The number of para-hydroxylation sites is 1. The zero-order valence-electron chi connectivity index (χ0n) is 13.6. The maximum atomic E-state index is 12.1. The number of benzene rings is 1. The molecule has 0 saturated heterocycles. The second kappa shape index (κ2) is 9.76. The van der Waals surface area contributed by atoms with Gasteiger partial charge in [-0.1, -0.05) is 12.1 Å². The Balaban J connectivity index is 0.00000338. The van der Waals surface area contributed by atoms with Crippen molar-refractivity contribution >= 4 is 31.4 Å². The van der Waals surface area contributed by atoms with Crippen LogP contribution in [-0.4, -0.2) is 50.2 Å². The van der Waals surface area contributed by atoms with Crippen LogP contribution >= 0.6 is 12.4 Å². The van der Waals surface area contributed by atoms with Gasteiger partial charge in [0.2, 0.25) is 5.91 Å². The summed E-state index contributed by atoms with van der Waals surface area (Å²) >= 11 is 0. The molecule has 0 aliphatic carbocycles. The smallest absolute Gasteiger partial charge is 0.475 e. The zero-order valence-corrected chi connectivity index (χ0v) is 14.4. The Morgan fingerprint density at radius 1 is 1.15 bits per heavy atom. The third-order valence-corrected chi connectivity index (χ3v) is 3.61. The minimum absolute atomic E-state index is 0. The Bertz CT molecular complexity index is 760. The molecule has 1 amide bonds. The molecule has 0 bridgehead atoms. The van der Waals surface area contributed by atoms with E-state index in [9.17, 15) is 24.7 Å². The lowest BCUT2D eigenvalue weighted by Crippen LogP contribution is -2.48. The van der Waals surface area contributed by atoms with Gasteiger partial charge in [0, 0.05) is 12.4 Å². The molecule has 0 aliphatic heterocycles. The molecule has 0 unspecified atom stereocenters. The lowest BCUT2D eigenvalue weighted by molar-refractivity contribution is -0.120. The van der Waals surface area contributed by atoms with E-state index in [1.54, 1.807) is 12.1 Å². The average Bonchev–Trinajstić information content (AvgIpc) is 2.56. The van der Waals surface area contributed by atoms with E-state index in [1.807, 2.05) is 0 Å². The van der Waals surface area contributed by atoms with Crippen LogP contribution in [-0.2, 0) is 17.6 Å². The van der Waals surface area contributed by atoms with E-state index in [-0.39, 0.29) is 36.4 Å². The van der Waals surface area contributed by atoms with Crippen LogP contribution < -0.4 is 5.32 Å². The van der Waals surface area contributed by atoms with E-state index in [1.165, 1.54) is 30.6 Å². The first-order valence-electron chi connectivity index (χ1n) is 7.47. The second-order valence-corrected chi connectivity index (χ2v) is 5.44. The van der Waals surface area contributed by atoms with Crippen molar-refractivity contribution in [2.24, 2.45) is 0 Å². The molecule has 1 atom stereocenters. The maximum Gasteiger partial charge on any atom is 0.475 e. The molecule has 1 aromatic carbocycles. The minimum Gasteiger partial charge on any atom is -0.507 e. The highest BCUT2D eigenvalue weighted by atomic mass is 35.5. The Labute approximate surface area is 156 Å². The summed E-state index contributed by atoms with van der Waals surface area (Å²) in [5, 5.41) is 40.5. The van der Waals surface area contributed by atoms with Crippen molar-refractivity contribution in [1.29, 1.82) is 0 Å². The number of pyridine rings is 1. The van der Waals surface area contributed by atoms with Gasteiger partial charge in [-0.15, -0.1) is 12.4 Å². The quantitative estimate of drug-likeness (QED) is 0.432. The van der Waals surface area contributed by atoms with Gasteiger partial charge >= 0.3 is 13.1 Å². The Hall–Kier alpha value is -2.62. The largest absolute Gasteiger partial charge is 0.507 e. The topological polar surface area (TPSA) is 140 Å². The Morgan fingerprint density at radius 3 is 2.38 bits per heavy atom. The van der Waals surface area contributed by atoms with Gasteiger partial charge in [0.05, 0.1) is 12.4 Å². The van der Waals surface area contributed by atoms with Gasteiger partial charge in [0.1, 0.15) is 11.3 Å². The van der Waals surface area contributed by atoms with Gasteiger partial charge in [0.25, 0.3) is 0 Å². The van der Waals surface area contributed by atoms with Crippen LogP contribution in [0.15, 0.2) is 42.7 Å². The molecule has 0 spiro atoms. The molecule has 8 nitrogen and oxygen atoms in total. The number of carboxylic acids is 1. The number of halogens is 1. The lowest BCUT2D eigenvalue weighted by Gasteiger charge is -2.19. The van der Waals surface area contributed by atoms with Crippen LogP contribution in [0, 0.1) is 0 Å². The van der Waals surface area contributed by atoms with Crippen LogP contribution in [0.2, 0.25) is 0 Å². The highest BCUT2D eigenvalue weighted by Crippen LogP contribution is 2.24. The van der Waals surface area contributed by atoms with Crippen molar-refractivity contribution in [3.05, 3.63) is 59.4 Å². The fraction of sp³-hybridized carbons (Fsp3) is 0.188. The zero-order chi connectivity index (χ0) is 18.4. The van der Waals surface area contributed by atoms with E-state index < -0.39 is 30.7 Å². The molecular weight excluding hydrogens is 362 g/mol. The number of hydrogen-bond acceptors (Lipinski definition) is 6. The van der Waals surface area contributed by atoms with Gasteiger partial charge in [-0.3, -0.25) is 9.78 Å². The highest BCUT2D eigenvalue weighted by Gasteiger charge is 2.27. The number of nitrogens with one attached hydrogen (secondary N) is 1. The summed E-state index contributed by atoms with van der Waals surface area (Å²) in [5.41, 5.74) is 0.586. The monoisotopic (exact) mass is 380 g/mol. The number of carbonyl (C=O) groups is 2. The van der Waals surface area contributed by atoms with E-state index in [0.717, 1.165) is 0 Å². The predicted molar refractivity (Wildman–Crippen MR) is 96.1 cm³/mol. The molecule has 5 N–H and O–H groups in total. The Morgan fingerprint density at radius 2 is 1.81 bits per heavy atom. The van der Waals surface area contributed by atoms with Crippen LogP contribution in [0.5, 0.6) is 5.75 Å². The molecule has 138 valence electrons. The fourth-order valence-corrected chi connectivity index (χ4v) is 2.34. The Kier molecular flexibility index (Phi) is 8.04. The first kappa shape index (κ1) is 21.4. The number of amides is 1. The number of rotatable bonds is 7. The van der Waals surface area contributed by atoms with Crippen LogP contribution in [0.4, 0.5) is 0 Å². The maximum absolute atomic E-state index is 12.1. The van der Waals surface area contributed by atoms with Gasteiger partial charge in [-0.05, 0) is 35.7 Å². The summed E-state index contributed by atoms with van der Waals surface area (Å²) in [6, 6.07) is 7.43. The molecule has 10 heteroatoms. The summed E-state index contributed by atoms with van der Waals surface area (Å²) in [6.07, 6.45) is 2.95. The number of hydrogen-bond donors (Lipinski definition) is 5. The SMILES string of the molecule is Cl.O=C(Cc1ccncc1)N[C@@H](Cc1cccc(C(=O)O)c1O)B(O)O. The predicted octanol–water partition coefficient (Wildman–Crippen LogP) is 0.189. The van der Waals surface area contributed by atoms with Gasteiger partial charge in [-0.25, -0.2) is 4.79 Å². The summed E-state index contributed by atoms with van der Waals surface area (Å²) in [4.78, 5) is 27.0. The van der Waals surface area contributed by atoms with Crippen molar-refractivity contribution in [1.82, 2.24) is 10.3 Å². The van der Waals surface area contributed by atoms with E-state index >= 15 is 0 Å². The molecule has 0 radical (unpaired) electrons. The normalized spacial score (nSPS) is 11.2. The summed E-state index contributed by atoms with van der Waals surface area (Å²) in [5.74, 6) is -3.33. The molecule has 1 aromatic heterocycles. The average molecular weight is 381 g/mol. The molecule has 26 heavy (non-hydrogen) atoms. The minimum atomic E-state index is -1.88. The lowest BCUT2D eigenvalue weighted by atomic mass is 9.75. The van der Waals surface area contributed by atoms with Gasteiger partial charge < -0.3 is 25.6 Å². The molecule has 0 saturated carbocycles. The van der Waals surface area contributed by atoms with Crippen molar-refractivity contribution in [2.75, 3.05) is 0 Å². The van der Waals surface area contributed by atoms with E-state index in [4.69, 9.17) is 5.11 Å². The molecule has 2 rings (SSSR count). The van der Waals surface area contributed by atoms with Crippen LogP contribution in [0.3, 0.4) is 0 Å². The molecule has 1 heterocycles. The summed E-state index contributed by atoms with van der Waals surface area (Å²) < 4.78 is 0. The number of aromatic carboxylic acids is 1. The fourth-order valence-electron chi connectivity index (χ4n) is 2.34. The number of phenols is 1. The third-order valence-electron chi connectivity index (χ3n) is 3.61. The molecule has 2 aromatic rings. The van der Waals surface area contributed by atoms with Crippen molar-refractivity contribution in [2.45, 2.75) is 18.8 Å². The highest BCUT2D eigenvalue weighted by molar-refractivity contribution is 6.43. The van der Waals surface area contributed by atoms with E-state index in [2.05, 4.69) is 10.3 Å². The molecular formula is C16H18BClN2O6. The molecule has 0 fully saturated rings. The number of aromatic hydroxyl groups is 1. The molecule has 0 aliphatic rings. The van der Waals surface area contributed by atoms with Crippen molar-refractivity contribution in [3.8, 4) is 5.75 Å². The van der Waals surface area contributed by atoms with Crippen LogP contribution in [0.1, 0.15) is 21.5 Å². The standard InChI is InChI=1S/C16H17BN2O6.ClH/c20-14(8-10-4-6-18-7-5-10)19-13(17(24)25)9-11-2-1-3-12(15(11)21)16(22)23;/h1-7,13,21,24-25H,8-9H2,(H,19,20)(H,22,23);1H/t13-;/m0./s1. The second-order valence-electron chi connectivity index (χ2n) is 5.44. The number of carboxylic acid groups (broad SMARTS) is 1. The van der Waals surface area contributed by atoms with Crippen LogP contribution in [0.25, 0.3) is 0 Å². The van der Waals surface area contributed by atoms with E-state index in [0.29, 0.717) is 5.56 Å². The summed E-state index contributed by atoms with van der Waals surface area (Å²) in [6.45, 7) is 0. The van der Waals surface area contributed by atoms with Gasteiger partial charge in [-0.2, -0.15) is 0 Å². The first-order chi connectivity index (χ1) is 11.9. The van der Waals surface area contributed by atoms with Crippen molar-refractivity contribution in [3.63, 3.8) is 0 Å². The third kappa shape index (κ3) is 5.73. The number of nitrogens with zero attached hydrogens (tertiary/aromatic N) is 1. The number of aromatic nitrogens is 1. The first-order valence-corrected chi connectivity index (χ1v) is 7.47. The van der Waals surface area contributed by atoms with Gasteiger partial charge in [0.15, 0.2) is 0 Å². The number of carbonyl (C=O) groups excluding carboxylic acids is 1.